The predicted molar refractivity (Wildman–Crippen MR) is 69.4 cm³/mol. The fourth-order valence-electron chi connectivity index (χ4n) is 1.60. The van der Waals surface area contributed by atoms with Gasteiger partial charge in [0.25, 0.3) is 0 Å². The van der Waals surface area contributed by atoms with E-state index in [0.717, 1.165) is 16.4 Å². The number of thioether (sulfide) groups is 1. The van der Waals surface area contributed by atoms with Gasteiger partial charge in [-0.3, -0.25) is 4.79 Å². The molecule has 0 aliphatic carbocycles. The highest BCUT2D eigenvalue weighted by Crippen LogP contribution is 2.34. The Morgan fingerprint density at radius 3 is 2.89 bits per heavy atom. The molecule has 0 atom stereocenters. The first kappa shape index (κ1) is 13.1. The van der Waals surface area contributed by atoms with Crippen LogP contribution in [-0.4, -0.2) is 31.5 Å². The van der Waals surface area contributed by atoms with Crippen LogP contribution < -0.4 is 9.47 Å². The second-order valence-corrected chi connectivity index (χ2v) is 4.88. The van der Waals surface area contributed by atoms with Gasteiger partial charge in [0.2, 0.25) is 0 Å². The highest BCUT2D eigenvalue weighted by atomic mass is 32.2. The molecule has 0 saturated heterocycles. The van der Waals surface area contributed by atoms with Crippen molar-refractivity contribution < 1.29 is 19.0 Å². The van der Waals surface area contributed by atoms with Crippen LogP contribution in [0.1, 0.15) is 13.3 Å². The second kappa shape index (κ2) is 6.54. The van der Waals surface area contributed by atoms with Crippen molar-refractivity contribution in [3.05, 3.63) is 18.2 Å². The van der Waals surface area contributed by atoms with Gasteiger partial charge >= 0.3 is 5.97 Å². The lowest BCUT2D eigenvalue weighted by molar-refractivity contribution is -0.142. The highest BCUT2D eigenvalue weighted by Gasteiger charge is 2.12. The molecule has 1 aliphatic rings. The molecule has 5 heteroatoms. The van der Waals surface area contributed by atoms with Gasteiger partial charge in [-0.2, -0.15) is 0 Å². The maximum atomic E-state index is 11.2. The van der Waals surface area contributed by atoms with E-state index >= 15 is 0 Å². The lowest BCUT2D eigenvalue weighted by Gasteiger charge is -2.18. The zero-order valence-corrected chi connectivity index (χ0v) is 11.1. The summed E-state index contributed by atoms with van der Waals surface area (Å²) in [7, 11) is 0. The van der Waals surface area contributed by atoms with Crippen LogP contribution >= 0.6 is 11.8 Å². The summed E-state index contributed by atoms with van der Waals surface area (Å²) in [6.45, 7) is 3.44. The van der Waals surface area contributed by atoms with Crippen molar-refractivity contribution in [3.63, 3.8) is 0 Å². The predicted octanol–water partition coefficient (Wildman–Crippen LogP) is 2.50. The Bertz CT molecular complexity index is 419. The molecule has 98 valence electrons. The van der Waals surface area contributed by atoms with Gasteiger partial charge in [-0.25, -0.2) is 0 Å². The molecule has 1 heterocycles. The first-order chi connectivity index (χ1) is 8.79. The summed E-state index contributed by atoms with van der Waals surface area (Å²) < 4.78 is 15.8. The van der Waals surface area contributed by atoms with Gasteiger partial charge in [0.15, 0.2) is 11.5 Å². The van der Waals surface area contributed by atoms with E-state index in [0.29, 0.717) is 32.0 Å². The van der Waals surface area contributed by atoms with Crippen molar-refractivity contribution in [2.75, 3.05) is 25.6 Å². The molecule has 0 radical (unpaired) electrons. The highest BCUT2D eigenvalue weighted by molar-refractivity contribution is 7.99. The summed E-state index contributed by atoms with van der Waals surface area (Å²) in [6.07, 6.45) is 0.424. The van der Waals surface area contributed by atoms with Crippen LogP contribution in [0.4, 0.5) is 0 Å². The molecule has 1 aromatic rings. The minimum absolute atomic E-state index is 0.150. The SMILES string of the molecule is CCOC(=O)CCSc1ccc2c(c1)OCCO2. The van der Waals surface area contributed by atoms with Gasteiger partial charge in [0.1, 0.15) is 13.2 Å². The number of hydrogen-bond donors (Lipinski definition) is 0. The standard InChI is InChI=1S/C13H16O4S/c1-2-15-13(14)5-8-18-10-3-4-11-12(9-10)17-7-6-16-11/h3-4,9H,2,5-8H2,1H3. The van der Waals surface area contributed by atoms with Crippen LogP contribution in [0.25, 0.3) is 0 Å². The van der Waals surface area contributed by atoms with E-state index in [1.165, 1.54) is 0 Å². The molecule has 0 aromatic heterocycles. The van der Waals surface area contributed by atoms with Crippen LogP contribution in [-0.2, 0) is 9.53 Å². The Kier molecular flexibility index (Phi) is 4.75. The molecule has 0 spiro atoms. The molecule has 0 unspecified atom stereocenters. The van der Waals surface area contributed by atoms with Crippen molar-refractivity contribution in [1.29, 1.82) is 0 Å². The van der Waals surface area contributed by atoms with E-state index in [4.69, 9.17) is 14.2 Å². The maximum Gasteiger partial charge on any atom is 0.306 e. The third kappa shape index (κ3) is 3.57. The molecule has 18 heavy (non-hydrogen) atoms. The van der Waals surface area contributed by atoms with Crippen molar-refractivity contribution in [2.45, 2.75) is 18.2 Å². The maximum absolute atomic E-state index is 11.2. The third-order valence-corrected chi connectivity index (χ3v) is 3.39. The number of rotatable bonds is 5. The lowest BCUT2D eigenvalue weighted by atomic mass is 10.3. The van der Waals surface area contributed by atoms with Gasteiger partial charge in [-0.1, -0.05) is 0 Å². The Morgan fingerprint density at radius 2 is 2.11 bits per heavy atom. The summed E-state index contributed by atoms with van der Waals surface area (Å²) in [5.74, 6) is 2.12. The molecule has 4 nitrogen and oxygen atoms in total. The van der Waals surface area contributed by atoms with Crippen LogP contribution in [0.5, 0.6) is 11.5 Å². The smallest absolute Gasteiger partial charge is 0.306 e. The van der Waals surface area contributed by atoms with Crippen LogP contribution in [0.3, 0.4) is 0 Å². The van der Waals surface area contributed by atoms with E-state index in [2.05, 4.69) is 0 Å². The molecule has 0 fully saturated rings. The number of fused-ring (bicyclic) bond motifs is 1. The zero-order valence-electron chi connectivity index (χ0n) is 10.3. The number of carbonyl (C=O) groups is 1. The molecule has 0 bridgehead atoms. The molecule has 0 amide bonds. The fourth-order valence-corrected chi connectivity index (χ4v) is 2.46. The molecule has 2 rings (SSSR count). The minimum Gasteiger partial charge on any atom is -0.486 e. The lowest BCUT2D eigenvalue weighted by Crippen LogP contribution is -2.15. The molecule has 0 N–H and O–H groups in total. The molecule has 0 saturated carbocycles. The van der Waals surface area contributed by atoms with Crippen molar-refractivity contribution in [2.24, 2.45) is 0 Å². The number of hydrogen-bond acceptors (Lipinski definition) is 5. The average molecular weight is 268 g/mol. The monoisotopic (exact) mass is 268 g/mol. The number of carbonyl (C=O) groups excluding carboxylic acids is 1. The Balaban J connectivity index is 1.84. The second-order valence-electron chi connectivity index (χ2n) is 3.71. The molecule has 1 aliphatic heterocycles. The van der Waals surface area contributed by atoms with Crippen LogP contribution in [0.15, 0.2) is 23.1 Å². The Labute approximate surface area is 111 Å². The van der Waals surface area contributed by atoms with Crippen molar-refractivity contribution in [3.8, 4) is 11.5 Å². The average Bonchev–Trinajstić information content (AvgIpc) is 2.39. The van der Waals surface area contributed by atoms with E-state index < -0.39 is 0 Å². The van der Waals surface area contributed by atoms with E-state index in [-0.39, 0.29) is 5.97 Å². The number of benzene rings is 1. The minimum atomic E-state index is -0.150. The van der Waals surface area contributed by atoms with Crippen molar-refractivity contribution in [1.82, 2.24) is 0 Å². The number of esters is 1. The van der Waals surface area contributed by atoms with Gasteiger partial charge < -0.3 is 14.2 Å². The zero-order chi connectivity index (χ0) is 12.8. The molecular formula is C13H16O4S. The van der Waals surface area contributed by atoms with Crippen LogP contribution in [0.2, 0.25) is 0 Å². The van der Waals surface area contributed by atoms with Gasteiger partial charge in [0, 0.05) is 10.6 Å². The summed E-state index contributed by atoms with van der Waals surface area (Å²) in [4.78, 5) is 12.3. The van der Waals surface area contributed by atoms with Crippen molar-refractivity contribution >= 4 is 17.7 Å². The van der Waals surface area contributed by atoms with E-state index in [9.17, 15) is 4.79 Å². The first-order valence-corrected chi connectivity index (χ1v) is 6.96. The summed E-state index contributed by atoms with van der Waals surface area (Å²) in [5, 5.41) is 0. The molecular weight excluding hydrogens is 252 g/mol. The quantitative estimate of drug-likeness (QED) is 0.606. The Morgan fingerprint density at radius 1 is 1.33 bits per heavy atom. The van der Waals surface area contributed by atoms with Gasteiger partial charge in [-0.15, -0.1) is 11.8 Å². The Hall–Kier alpha value is -1.36. The first-order valence-electron chi connectivity index (χ1n) is 5.97. The topological polar surface area (TPSA) is 44.8 Å². The fraction of sp³-hybridized carbons (Fsp3) is 0.462. The third-order valence-electron chi connectivity index (χ3n) is 2.39. The molecule has 1 aromatic carbocycles. The normalized spacial score (nSPS) is 13.2. The van der Waals surface area contributed by atoms with E-state index in [1.807, 2.05) is 25.1 Å². The summed E-state index contributed by atoms with van der Waals surface area (Å²) >= 11 is 1.61. The van der Waals surface area contributed by atoms with Gasteiger partial charge in [-0.05, 0) is 25.1 Å². The summed E-state index contributed by atoms with van der Waals surface area (Å²) in [5.41, 5.74) is 0. The largest absolute Gasteiger partial charge is 0.486 e. The van der Waals surface area contributed by atoms with Gasteiger partial charge in [0.05, 0.1) is 13.0 Å². The summed E-state index contributed by atoms with van der Waals surface area (Å²) in [6, 6.07) is 5.83. The number of ether oxygens (including phenoxy) is 3. The van der Waals surface area contributed by atoms with Crippen LogP contribution in [0, 0.1) is 0 Å². The van der Waals surface area contributed by atoms with E-state index in [1.54, 1.807) is 11.8 Å².